The summed E-state index contributed by atoms with van der Waals surface area (Å²) in [7, 11) is 0. The highest BCUT2D eigenvalue weighted by Gasteiger charge is 2.00. The lowest BCUT2D eigenvalue weighted by atomic mass is 10.2. The third kappa shape index (κ3) is 3.39. The average molecular weight is 290 g/mol. The summed E-state index contributed by atoms with van der Waals surface area (Å²) in [5.74, 6) is 0.718. The first-order chi connectivity index (χ1) is 9.72. The van der Waals surface area contributed by atoms with E-state index in [1.807, 2.05) is 31.2 Å². The molecule has 0 radical (unpaired) electrons. The van der Waals surface area contributed by atoms with E-state index in [0.717, 1.165) is 28.6 Å². The highest BCUT2D eigenvalue weighted by Crippen LogP contribution is 2.15. The van der Waals surface area contributed by atoms with E-state index in [0.29, 0.717) is 6.61 Å². The predicted molar refractivity (Wildman–Crippen MR) is 78.9 cm³/mol. The maximum atomic E-state index is 11.6. The van der Waals surface area contributed by atoms with Gasteiger partial charge in [-0.25, -0.2) is 0 Å². The molecule has 1 N–H and O–H groups in total. The van der Waals surface area contributed by atoms with Gasteiger partial charge < -0.3 is 4.74 Å². The third-order valence-electron chi connectivity index (χ3n) is 2.43. The number of rotatable bonds is 5. The maximum absolute atomic E-state index is 11.6. The molecule has 0 saturated carbocycles. The molecular formula is C13H14N4O2S. The molecule has 7 heteroatoms. The molecule has 0 fully saturated rings. The summed E-state index contributed by atoms with van der Waals surface area (Å²) in [6.45, 7) is 2.66. The molecule has 1 aromatic heterocycles. The van der Waals surface area contributed by atoms with Gasteiger partial charge in [0.05, 0.1) is 12.8 Å². The zero-order valence-electron chi connectivity index (χ0n) is 10.9. The molecule has 0 bridgehead atoms. The minimum absolute atomic E-state index is 0.140. The molecule has 0 amide bonds. The van der Waals surface area contributed by atoms with Gasteiger partial charge in [0.15, 0.2) is 0 Å². The van der Waals surface area contributed by atoms with Gasteiger partial charge in [0.25, 0.3) is 5.56 Å². The lowest BCUT2D eigenvalue weighted by Gasteiger charge is -2.07. The second-order valence-electron chi connectivity index (χ2n) is 3.96. The van der Waals surface area contributed by atoms with Crippen LogP contribution in [0, 0.1) is 4.77 Å². The molecule has 104 valence electrons. The van der Waals surface area contributed by atoms with Crippen molar-refractivity contribution in [1.82, 2.24) is 14.9 Å². The number of nitrogens with zero attached hydrogens (tertiary/aromatic N) is 3. The molecule has 1 aromatic carbocycles. The standard InChI is InChI=1S/C13H14N4O2S/c1-2-7-19-11-6-4-3-5-10(11)8-15-17-12(18)9-14-16-13(17)20/h3-6,8-9H,2,7H2,1H3,(H,16,20)/b15-8-. The fourth-order valence-electron chi connectivity index (χ4n) is 1.50. The Bertz CT molecular complexity index is 692. The summed E-state index contributed by atoms with van der Waals surface area (Å²) in [5, 5.41) is 10.2. The zero-order valence-corrected chi connectivity index (χ0v) is 11.8. The van der Waals surface area contributed by atoms with E-state index in [4.69, 9.17) is 17.0 Å². The van der Waals surface area contributed by atoms with Gasteiger partial charge in [-0.15, -0.1) is 0 Å². The predicted octanol–water partition coefficient (Wildman–Crippen LogP) is 1.97. The Hall–Kier alpha value is -2.28. The minimum Gasteiger partial charge on any atom is -0.493 e. The van der Waals surface area contributed by atoms with Crippen LogP contribution < -0.4 is 10.3 Å². The first-order valence-corrected chi connectivity index (χ1v) is 6.56. The summed E-state index contributed by atoms with van der Waals surface area (Å²) in [5.41, 5.74) is 0.385. The molecule has 0 atom stereocenters. The van der Waals surface area contributed by atoms with Crippen molar-refractivity contribution in [1.29, 1.82) is 0 Å². The first kappa shape index (κ1) is 14.1. The van der Waals surface area contributed by atoms with Gasteiger partial charge in [0, 0.05) is 5.56 Å². The van der Waals surface area contributed by atoms with Crippen molar-refractivity contribution in [2.75, 3.05) is 6.61 Å². The monoisotopic (exact) mass is 290 g/mol. The SMILES string of the molecule is CCCOc1ccccc1/C=N\n1c(=O)cn[nH]c1=S. The molecule has 0 saturated heterocycles. The van der Waals surface area contributed by atoms with E-state index < -0.39 is 5.56 Å². The Morgan fingerprint density at radius 2 is 2.30 bits per heavy atom. The van der Waals surface area contributed by atoms with Crippen LogP contribution in [-0.4, -0.2) is 27.7 Å². The molecule has 0 unspecified atom stereocenters. The number of H-pyrrole nitrogens is 1. The third-order valence-corrected chi connectivity index (χ3v) is 2.69. The van der Waals surface area contributed by atoms with Crippen LogP contribution >= 0.6 is 12.2 Å². The van der Waals surface area contributed by atoms with Crippen LogP contribution in [0.15, 0.2) is 40.4 Å². The van der Waals surface area contributed by atoms with Crippen LogP contribution in [0.4, 0.5) is 0 Å². The Labute approximate surface area is 120 Å². The Kier molecular flexibility index (Phi) is 4.78. The number of benzene rings is 1. The van der Waals surface area contributed by atoms with Gasteiger partial charge in [-0.3, -0.25) is 9.89 Å². The van der Waals surface area contributed by atoms with Gasteiger partial charge in [0.2, 0.25) is 4.77 Å². The van der Waals surface area contributed by atoms with Crippen LogP contribution in [0.1, 0.15) is 18.9 Å². The summed E-state index contributed by atoms with van der Waals surface area (Å²) < 4.78 is 6.82. The van der Waals surface area contributed by atoms with Crippen molar-refractivity contribution < 1.29 is 4.74 Å². The number of nitrogens with one attached hydrogen (secondary N) is 1. The number of hydrogen-bond donors (Lipinski definition) is 1. The van der Waals surface area contributed by atoms with Crippen molar-refractivity contribution in [3.05, 3.63) is 51.2 Å². The van der Waals surface area contributed by atoms with Crippen LogP contribution in [0.2, 0.25) is 0 Å². The van der Waals surface area contributed by atoms with Crippen LogP contribution in [-0.2, 0) is 0 Å². The molecule has 2 aromatic rings. The number of aromatic amines is 1. The topological polar surface area (TPSA) is 72.3 Å². The van der Waals surface area contributed by atoms with E-state index in [1.165, 1.54) is 6.21 Å². The largest absolute Gasteiger partial charge is 0.493 e. The summed E-state index contributed by atoms with van der Waals surface area (Å²) in [6, 6.07) is 7.46. The molecule has 0 aliphatic carbocycles. The van der Waals surface area contributed by atoms with E-state index in [2.05, 4.69) is 15.3 Å². The van der Waals surface area contributed by atoms with Crippen LogP contribution in [0.5, 0.6) is 5.75 Å². The van der Waals surface area contributed by atoms with E-state index in [9.17, 15) is 4.79 Å². The number of aromatic nitrogens is 3. The highest BCUT2D eigenvalue weighted by molar-refractivity contribution is 7.71. The van der Waals surface area contributed by atoms with Crippen molar-refractivity contribution in [3.63, 3.8) is 0 Å². The van der Waals surface area contributed by atoms with E-state index >= 15 is 0 Å². The zero-order chi connectivity index (χ0) is 14.4. The molecule has 6 nitrogen and oxygen atoms in total. The fourth-order valence-corrected chi connectivity index (χ4v) is 1.69. The summed E-state index contributed by atoms with van der Waals surface area (Å²) >= 11 is 4.96. The average Bonchev–Trinajstić information content (AvgIpc) is 2.45. The van der Waals surface area contributed by atoms with Crippen molar-refractivity contribution in [2.24, 2.45) is 5.10 Å². The van der Waals surface area contributed by atoms with E-state index in [1.54, 1.807) is 0 Å². The molecule has 0 aliphatic heterocycles. The Morgan fingerprint density at radius 1 is 1.50 bits per heavy atom. The highest BCUT2D eigenvalue weighted by atomic mass is 32.1. The van der Waals surface area contributed by atoms with Gasteiger partial charge in [-0.1, -0.05) is 19.1 Å². The summed E-state index contributed by atoms with van der Waals surface area (Å²) in [4.78, 5) is 11.6. The van der Waals surface area contributed by atoms with Gasteiger partial charge in [0.1, 0.15) is 11.9 Å². The number of para-hydroxylation sites is 1. The van der Waals surface area contributed by atoms with Gasteiger partial charge in [-0.2, -0.15) is 14.9 Å². The van der Waals surface area contributed by atoms with Gasteiger partial charge >= 0.3 is 0 Å². The lowest BCUT2D eigenvalue weighted by molar-refractivity contribution is 0.317. The first-order valence-electron chi connectivity index (χ1n) is 6.15. The molecule has 0 spiro atoms. The molecule has 2 rings (SSSR count). The van der Waals surface area contributed by atoms with Gasteiger partial charge in [-0.05, 0) is 30.8 Å². The van der Waals surface area contributed by atoms with E-state index in [-0.39, 0.29) is 4.77 Å². The fraction of sp³-hybridized carbons (Fsp3) is 0.231. The summed E-state index contributed by atoms with van der Waals surface area (Å²) in [6.07, 6.45) is 3.57. The normalized spacial score (nSPS) is 10.8. The Balaban J connectivity index is 2.32. The lowest BCUT2D eigenvalue weighted by Crippen LogP contribution is -2.18. The van der Waals surface area contributed by atoms with Crippen molar-refractivity contribution in [2.45, 2.75) is 13.3 Å². The molecule has 0 aliphatic rings. The number of ether oxygens (including phenoxy) is 1. The maximum Gasteiger partial charge on any atom is 0.293 e. The number of hydrogen-bond acceptors (Lipinski definition) is 5. The molecular weight excluding hydrogens is 276 g/mol. The smallest absolute Gasteiger partial charge is 0.293 e. The molecule has 20 heavy (non-hydrogen) atoms. The Morgan fingerprint density at radius 3 is 3.05 bits per heavy atom. The van der Waals surface area contributed by atoms with Crippen LogP contribution in [0.3, 0.4) is 0 Å². The minimum atomic E-state index is -0.392. The quantitative estimate of drug-likeness (QED) is 0.675. The molecule has 1 heterocycles. The second-order valence-corrected chi connectivity index (χ2v) is 4.34. The second kappa shape index (κ2) is 6.76. The van der Waals surface area contributed by atoms with Crippen molar-refractivity contribution in [3.8, 4) is 5.75 Å². The van der Waals surface area contributed by atoms with Crippen LogP contribution in [0.25, 0.3) is 0 Å². The van der Waals surface area contributed by atoms with Crippen molar-refractivity contribution >= 4 is 18.4 Å².